The van der Waals surface area contributed by atoms with Gasteiger partial charge in [-0.15, -0.1) is 0 Å². The van der Waals surface area contributed by atoms with Crippen LogP contribution in [0.3, 0.4) is 0 Å². The van der Waals surface area contributed by atoms with E-state index in [1.807, 2.05) is 16.7 Å². The van der Waals surface area contributed by atoms with Gasteiger partial charge in [0.15, 0.2) is 0 Å². The summed E-state index contributed by atoms with van der Waals surface area (Å²) < 4.78 is 0. The van der Waals surface area contributed by atoms with E-state index in [1.165, 1.54) is 12.8 Å². The predicted molar refractivity (Wildman–Crippen MR) is 75.3 cm³/mol. The van der Waals surface area contributed by atoms with Crippen LogP contribution < -0.4 is 5.73 Å². The first kappa shape index (κ1) is 15.3. The molecule has 0 bridgehead atoms. The average Bonchev–Trinajstić information content (AvgIpc) is 2.65. The van der Waals surface area contributed by atoms with Gasteiger partial charge in [-0.25, -0.2) is 0 Å². The molecule has 0 aromatic rings. The Hall–Kier alpha value is -1.14. The van der Waals surface area contributed by atoms with E-state index in [0.29, 0.717) is 13.0 Å². The van der Waals surface area contributed by atoms with Crippen molar-refractivity contribution < 1.29 is 14.7 Å². The maximum Gasteiger partial charge on any atom is 0.325 e. The van der Waals surface area contributed by atoms with Crippen molar-refractivity contribution in [2.24, 2.45) is 5.73 Å². The molecule has 114 valence electrons. The number of likely N-dealkylation sites (tertiary alicyclic amines) is 2. The molecule has 6 heteroatoms. The first-order valence-electron chi connectivity index (χ1n) is 7.49. The van der Waals surface area contributed by atoms with E-state index in [-0.39, 0.29) is 18.5 Å². The van der Waals surface area contributed by atoms with Crippen LogP contribution in [0.4, 0.5) is 0 Å². The average molecular weight is 283 g/mol. The van der Waals surface area contributed by atoms with E-state index < -0.39 is 11.5 Å². The molecule has 0 aromatic heterocycles. The Kier molecular flexibility index (Phi) is 4.65. The van der Waals surface area contributed by atoms with E-state index in [9.17, 15) is 9.59 Å². The third-order valence-electron chi connectivity index (χ3n) is 4.58. The van der Waals surface area contributed by atoms with Gasteiger partial charge in [0.2, 0.25) is 5.91 Å². The van der Waals surface area contributed by atoms with Crippen LogP contribution in [0.25, 0.3) is 0 Å². The van der Waals surface area contributed by atoms with Gasteiger partial charge in [0, 0.05) is 26.2 Å². The van der Waals surface area contributed by atoms with Crippen molar-refractivity contribution in [1.82, 2.24) is 9.80 Å². The zero-order valence-electron chi connectivity index (χ0n) is 12.2. The fourth-order valence-electron chi connectivity index (χ4n) is 3.08. The molecule has 2 aliphatic rings. The molecule has 0 aliphatic carbocycles. The van der Waals surface area contributed by atoms with E-state index >= 15 is 0 Å². The Labute approximate surface area is 119 Å². The van der Waals surface area contributed by atoms with Crippen LogP contribution in [0.15, 0.2) is 0 Å². The summed E-state index contributed by atoms with van der Waals surface area (Å²) in [6.07, 6.45) is 4.91. The predicted octanol–water partition coefficient (Wildman–Crippen LogP) is 0.265. The molecule has 1 amide bonds. The lowest BCUT2D eigenvalue weighted by atomic mass is 10.0. The van der Waals surface area contributed by atoms with E-state index in [0.717, 1.165) is 25.9 Å². The van der Waals surface area contributed by atoms with Crippen molar-refractivity contribution in [3.63, 3.8) is 0 Å². The zero-order valence-corrected chi connectivity index (χ0v) is 12.2. The lowest BCUT2D eigenvalue weighted by Crippen LogP contribution is -2.53. The van der Waals surface area contributed by atoms with Gasteiger partial charge in [0.05, 0.1) is 6.04 Å². The Morgan fingerprint density at radius 3 is 2.25 bits per heavy atom. The van der Waals surface area contributed by atoms with Crippen LogP contribution in [0.5, 0.6) is 0 Å². The summed E-state index contributed by atoms with van der Waals surface area (Å²) >= 11 is 0. The standard InChI is InChI=1S/C14H25N3O3/c1-11(12(18)16-7-4-2-3-5-8-16)17-9-6-14(15,10-17)13(19)20/h11H,2-10,15H2,1H3,(H,19,20). The number of carboxylic acid groups (broad SMARTS) is 1. The minimum Gasteiger partial charge on any atom is -0.480 e. The Morgan fingerprint density at radius 1 is 1.15 bits per heavy atom. The first-order chi connectivity index (χ1) is 9.44. The van der Waals surface area contributed by atoms with Gasteiger partial charge in [-0.05, 0) is 26.2 Å². The van der Waals surface area contributed by atoms with Gasteiger partial charge in [0.25, 0.3) is 0 Å². The second-order valence-corrected chi connectivity index (χ2v) is 6.10. The molecule has 2 rings (SSSR count). The Balaban J connectivity index is 1.95. The van der Waals surface area contributed by atoms with Crippen molar-refractivity contribution >= 4 is 11.9 Å². The highest BCUT2D eigenvalue weighted by molar-refractivity contribution is 5.83. The second-order valence-electron chi connectivity index (χ2n) is 6.10. The molecule has 2 heterocycles. The van der Waals surface area contributed by atoms with Crippen LogP contribution in [0.2, 0.25) is 0 Å². The highest BCUT2D eigenvalue weighted by Gasteiger charge is 2.44. The number of aliphatic carboxylic acids is 1. The smallest absolute Gasteiger partial charge is 0.325 e. The van der Waals surface area contributed by atoms with Crippen LogP contribution in [0.1, 0.15) is 39.0 Å². The molecule has 6 nitrogen and oxygen atoms in total. The van der Waals surface area contributed by atoms with Crippen LogP contribution >= 0.6 is 0 Å². The number of carboxylic acids is 1. The number of hydrogen-bond donors (Lipinski definition) is 2. The first-order valence-corrected chi connectivity index (χ1v) is 7.49. The summed E-state index contributed by atoms with van der Waals surface area (Å²) in [5.41, 5.74) is 4.67. The van der Waals surface area contributed by atoms with Crippen LogP contribution in [0, 0.1) is 0 Å². The molecule has 2 unspecified atom stereocenters. The molecule has 0 radical (unpaired) electrons. The SMILES string of the molecule is CC(C(=O)N1CCCCCC1)N1CCC(N)(C(=O)O)C1. The summed E-state index contributed by atoms with van der Waals surface area (Å²) in [5.74, 6) is -0.865. The van der Waals surface area contributed by atoms with Crippen LogP contribution in [-0.4, -0.2) is 64.5 Å². The highest BCUT2D eigenvalue weighted by Crippen LogP contribution is 2.22. The summed E-state index contributed by atoms with van der Waals surface area (Å²) in [4.78, 5) is 27.5. The maximum absolute atomic E-state index is 12.5. The number of carbonyl (C=O) groups excluding carboxylic acids is 1. The van der Waals surface area contributed by atoms with E-state index in [4.69, 9.17) is 10.8 Å². The Bertz CT molecular complexity index is 380. The number of rotatable bonds is 3. The van der Waals surface area contributed by atoms with Crippen molar-refractivity contribution in [3.8, 4) is 0 Å². The lowest BCUT2D eigenvalue weighted by Gasteiger charge is -2.30. The van der Waals surface area contributed by atoms with Crippen LogP contribution in [-0.2, 0) is 9.59 Å². The fourth-order valence-corrected chi connectivity index (χ4v) is 3.08. The summed E-state index contributed by atoms with van der Waals surface area (Å²) in [6.45, 7) is 4.33. The number of amides is 1. The normalized spacial score (nSPS) is 30.0. The van der Waals surface area contributed by atoms with Gasteiger partial charge in [-0.3, -0.25) is 14.5 Å². The molecule has 3 N–H and O–H groups in total. The third-order valence-corrected chi connectivity index (χ3v) is 4.58. The zero-order chi connectivity index (χ0) is 14.8. The largest absolute Gasteiger partial charge is 0.480 e. The number of hydrogen-bond acceptors (Lipinski definition) is 4. The second kappa shape index (κ2) is 6.10. The summed E-state index contributed by atoms with van der Waals surface area (Å²) in [6, 6.07) is -0.280. The number of nitrogens with zero attached hydrogens (tertiary/aromatic N) is 2. The van der Waals surface area contributed by atoms with Gasteiger partial charge in [-0.1, -0.05) is 12.8 Å². The van der Waals surface area contributed by atoms with Crippen molar-refractivity contribution in [2.75, 3.05) is 26.2 Å². The minimum absolute atomic E-state index is 0.113. The molecule has 2 fully saturated rings. The third kappa shape index (κ3) is 3.12. The quantitative estimate of drug-likeness (QED) is 0.776. The number of carbonyl (C=O) groups is 2. The van der Waals surface area contributed by atoms with Gasteiger partial charge in [-0.2, -0.15) is 0 Å². The van der Waals surface area contributed by atoms with Gasteiger partial charge in [0.1, 0.15) is 5.54 Å². The molecule has 0 aromatic carbocycles. The topological polar surface area (TPSA) is 86.9 Å². The highest BCUT2D eigenvalue weighted by atomic mass is 16.4. The van der Waals surface area contributed by atoms with Crippen molar-refractivity contribution in [1.29, 1.82) is 0 Å². The molecular formula is C14H25N3O3. The fraction of sp³-hybridized carbons (Fsp3) is 0.857. The summed E-state index contributed by atoms with van der Waals surface area (Å²) in [5, 5.41) is 9.15. The molecule has 20 heavy (non-hydrogen) atoms. The molecular weight excluding hydrogens is 258 g/mol. The molecule has 0 spiro atoms. The monoisotopic (exact) mass is 283 g/mol. The Morgan fingerprint density at radius 2 is 1.75 bits per heavy atom. The van der Waals surface area contributed by atoms with Gasteiger partial charge < -0.3 is 15.7 Å². The molecule has 2 saturated heterocycles. The molecule has 2 atom stereocenters. The molecule has 2 aliphatic heterocycles. The maximum atomic E-state index is 12.5. The van der Waals surface area contributed by atoms with E-state index in [1.54, 1.807) is 0 Å². The van der Waals surface area contributed by atoms with E-state index in [2.05, 4.69) is 0 Å². The summed E-state index contributed by atoms with van der Waals surface area (Å²) in [7, 11) is 0. The molecule has 0 saturated carbocycles. The lowest BCUT2D eigenvalue weighted by molar-refractivity contribution is -0.143. The minimum atomic E-state index is -1.20. The van der Waals surface area contributed by atoms with Crippen molar-refractivity contribution in [2.45, 2.75) is 50.6 Å². The van der Waals surface area contributed by atoms with Gasteiger partial charge >= 0.3 is 5.97 Å². The van der Waals surface area contributed by atoms with Crippen molar-refractivity contribution in [3.05, 3.63) is 0 Å². The number of nitrogens with two attached hydrogens (primary N) is 1.